The summed E-state index contributed by atoms with van der Waals surface area (Å²) in [5, 5.41) is 2.91. The van der Waals surface area contributed by atoms with E-state index in [1.807, 2.05) is 6.07 Å². The van der Waals surface area contributed by atoms with Gasteiger partial charge in [0.2, 0.25) is 6.41 Å². The molecule has 0 spiro atoms. The summed E-state index contributed by atoms with van der Waals surface area (Å²) < 4.78 is 0. The van der Waals surface area contributed by atoms with Crippen LogP contribution in [-0.4, -0.2) is 12.5 Å². The van der Waals surface area contributed by atoms with Gasteiger partial charge in [0.15, 0.2) is 0 Å². The van der Waals surface area contributed by atoms with Gasteiger partial charge in [-0.2, -0.15) is 0 Å². The third kappa shape index (κ3) is 1.79. The van der Waals surface area contributed by atoms with E-state index in [-0.39, 0.29) is 0 Å². The minimum absolute atomic E-state index is 0.342. The molecule has 1 aromatic carbocycles. The van der Waals surface area contributed by atoms with E-state index in [0.717, 1.165) is 12.8 Å². The van der Waals surface area contributed by atoms with Crippen LogP contribution in [0.1, 0.15) is 30.7 Å². The van der Waals surface area contributed by atoms with E-state index in [1.54, 1.807) is 0 Å². The van der Waals surface area contributed by atoms with Gasteiger partial charge in [0.05, 0.1) is 0 Å². The molecule has 74 valence electrons. The average molecular weight is 189 g/mol. The molecule has 0 heterocycles. The summed E-state index contributed by atoms with van der Waals surface area (Å²) in [7, 11) is 0. The van der Waals surface area contributed by atoms with Gasteiger partial charge in [0, 0.05) is 12.0 Å². The second-order valence-corrected chi connectivity index (χ2v) is 3.84. The molecule has 2 heteroatoms. The van der Waals surface area contributed by atoms with Crippen molar-refractivity contribution in [2.45, 2.75) is 31.2 Å². The molecule has 2 nitrogen and oxygen atoms in total. The van der Waals surface area contributed by atoms with Crippen molar-refractivity contribution in [2.75, 3.05) is 0 Å². The van der Waals surface area contributed by atoms with Crippen molar-refractivity contribution in [1.29, 1.82) is 0 Å². The van der Waals surface area contributed by atoms with Gasteiger partial charge in [-0.1, -0.05) is 36.8 Å². The van der Waals surface area contributed by atoms with Gasteiger partial charge < -0.3 is 5.32 Å². The fourth-order valence-corrected chi connectivity index (χ4v) is 2.35. The number of nitrogens with one attached hydrogen (secondary N) is 1. The molecular weight excluding hydrogens is 174 g/mol. The lowest BCUT2D eigenvalue weighted by Crippen LogP contribution is -2.29. The Balaban J connectivity index is 2.13. The number of hydrogen-bond acceptors (Lipinski definition) is 1. The Bertz CT molecular complexity index is 296. The summed E-state index contributed by atoms with van der Waals surface area (Å²) >= 11 is 0. The van der Waals surface area contributed by atoms with Crippen LogP contribution in [0.5, 0.6) is 0 Å². The van der Waals surface area contributed by atoms with Crippen LogP contribution in [0.3, 0.4) is 0 Å². The van der Waals surface area contributed by atoms with Crippen LogP contribution in [0.15, 0.2) is 30.3 Å². The van der Waals surface area contributed by atoms with E-state index >= 15 is 0 Å². The molecule has 1 aromatic rings. The highest BCUT2D eigenvalue weighted by molar-refractivity contribution is 5.47. The van der Waals surface area contributed by atoms with Gasteiger partial charge in [0.25, 0.3) is 0 Å². The third-order valence-corrected chi connectivity index (χ3v) is 3.03. The molecule has 1 saturated carbocycles. The first-order chi connectivity index (χ1) is 6.92. The Labute approximate surface area is 84.3 Å². The SMILES string of the molecule is O=CN[C@@H]1CCC[C@H]1c1ccccc1. The lowest BCUT2D eigenvalue weighted by atomic mass is 9.94. The van der Waals surface area contributed by atoms with Gasteiger partial charge in [-0.25, -0.2) is 0 Å². The third-order valence-electron chi connectivity index (χ3n) is 3.03. The Hall–Kier alpha value is -1.31. The van der Waals surface area contributed by atoms with Crippen LogP contribution in [0.4, 0.5) is 0 Å². The number of rotatable bonds is 3. The Kier molecular flexibility index (Phi) is 2.82. The van der Waals surface area contributed by atoms with E-state index < -0.39 is 0 Å². The summed E-state index contributed by atoms with van der Waals surface area (Å²) in [6, 6.07) is 10.8. The van der Waals surface area contributed by atoms with Crippen LogP contribution in [-0.2, 0) is 4.79 Å². The second kappa shape index (κ2) is 4.27. The highest BCUT2D eigenvalue weighted by Crippen LogP contribution is 2.34. The topological polar surface area (TPSA) is 29.1 Å². The van der Waals surface area contributed by atoms with Crippen LogP contribution in [0.25, 0.3) is 0 Å². The van der Waals surface area contributed by atoms with Gasteiger partial charge in [-0.05, 0) is 18.4 Å². The maximum absolute atomic E-state index is 10.4. The zero-order valence-electron chi connectivity index (χ0n) is 8.15. The van der Waals surface area contributed by atoms with Crippen LogP contribution < -0.4 is 5.32 Å². The van der Waals surface area contributed by atoms with Crippen LogP contribution in [0, 0.1) is 0 Å². The molecule has 0 aromatic heterocycles. The highest BCUT2D eigenvalue weighted by Gasteiger charge is 2.27. The van der Waals surface area contributed by atoms with E-state index in [9.17, 15) is 4.79 Å². The quantitative estimate of drug-likeness (QED) is 0.724. The largest absolute Gasteiger partial charge is 0.355 e. The lowest BCUT2D eigenvalue weighted by molar-refractivity contribution is -0.110. The molecule has 14 heavy (non-hydrogen) atoms. The molecule has 1 aliphatic rings. The molecule has 1 fully saturated rings. The number of carbonyl (C=O) groups is 1. The van der Waals surface area contributed by atoms with Crippen molar-refractivity contribution in [1.82, 2.24) is 5.32 Å². The maximum Gasteiger partial charge on any atom is 0.207 e. The van der Waals surface area contributed by atoms with E-state index in [2.05, 4.69) is 29.6 Å². The molecule has 1 aliphatic carbocycles. The first-order valence-electron chi connectivity index (χ1n) is 5.16. The minimum atomic E-state index is 0.342. The van der Waals surface area contributed by atoms with E-state index in [1.165, 1.54) is 18.4 Å². The smallest absolute Gasteiger partial charge is 0.207 e. The van der Waals surface area contributed by atoms with Crippen molar-refractivity contribution in [2.24, 2.45) is 0 Å². The first-order valence-corrected chi connectivity index (χ1v) is 5.16. The second-order valence-electron chi connectivity index (χ2n) is 3.84. The molecule has 2 rings (SSSR count). The summed E-state index contributed by atoms with van der Waals surface area (Å²) in [6.07, 6.45) is 4.34. The molecular formula is C12H15NO. The monoisotopic (exact) mass is 189 g/mol. The predicted octanol–water partition coefficient (Wildman–Crippen LogP) is 2.07. The van der Waals surface area contributed by atoms with E-state index in [0.29, 0.717) is 12.0 Å². The summed E-state index contributed by atoms with van der Waals surface area (Å²) in [6.45, 7) is 0. The molecule has 2 atom stereocenters. The van der Waals surface area contributed by atoms with E-state index in [4.69, 9.17) is 0 Å². The average Bonchev–Trinajstić information content (AvgIpc) is 2.68. The standard InChI is InChI=1S/C12H15NO/c14-9-13-12-8-4-7-11(12)10-5-2-1-3-6-10/h1-3,5-6,9,11-12H,4,7-8H2,(H,13,14)/t11-,12+/m0/s1. The fourth-order valence-electron chi connectivity index (χ4n) is 2.35. The predicted molar refractivity (Wildman–Crippen MR) is 56.0 cm³/mol. The van der Waals surface area contributed by atoms with Gasteiger partial charge >= 0.3 is 0 Å². The van der Waals surface area contributed by atoms with Crippen molar-refractivity contribution in [3.8, 4) is 0 Å². The van der Waals surface area contributed by atoms with Gasteiger partial charge in [0.1, 0.15) is 0 Å². The van der Waals surface area contributed by atoms with Gasteiger partial charge in [-0.15, -0.1) is 0 Å². The molecule has 0 bridgehead atoms. The molecule has 0 unspecified atom stereocenters. The van der Waals surface area contributed by atoms with Crippen molar-refractivity contribution >= 4 is 6.41 Å². The van der Waals surface area contributed by atoms with Crippen LogP contribution in [0.2, 0.25) is 0 Å². The van der Waals surface area contributed by atoms with Crippen molar-refractivity contribution in [3.05, 3.63) is 35.9 Å². The minimum Gasteiger partial charge on any atom is -0.355 e. The number of hydrogen-bond donors (Lipinski definition) is 1. The summed E-state index contributed by atoms with van der Waals surface area (Å²) in [5.74, 6) is 0.515. The van der Waals surface area contributed by atoms with Crippen molar-refractivity contribution < 1.29 is 4.79 Å². The zero-order chi connectivity index (χ0) is 9.80. The lowest BCUT2D eigenvalue weighted by Gasteiger charge is -2.18. The number of amides is 1. The zero-order valence-corrected chi connectivity index (χ0v) is 8.15. The Morgan fingerprint density at radius 1 is 1.21 bits per heavy atom. The number of carbonyl (C=O) groups excluding carboxylic acids is 1. The van der Waals surface area contributed by atoms with Crippen molar-refractivity contribution in [3.63, 3.8) is 0 Å². The summed E-state index contributed by atoms with van der Waals surface area (Å²) in [4.78, 5) is 10.4. The maximum atomic E-state index is 10.4. The molecule has 0 aliphatic heterocycles. The first kappa shape index (κ1) is 9.25. The Morgan fingerprint density at radius 2 is 2.00 bits per heavy atom. The Morgan fingerprint density at radius 3 is 2.71 bits per heavy atom. The van der Waals surface area contributed by atoms with Gasteiger partial charge in [-0.3, -0.25) is 4.79 Å². The molecule has 0 saturated heterocycles. The fraction of sp³-hybridized carbons (Fsp3) is 0.417. The normalized spacial score (nSPS) is 26.0. The van der Waals surface area contributed by atoms with Crippen LogP contribution >= 0.6 is 0 Å². The molecule has 1 amide bonds. The molecule has 0 radical (unpaired) electrons. The molecule has 1 N–H and O–H groups in total. The highest BCUT2D eigenvalue weighted by atomic mass is 16.1. The summed E-state index contributed by atoms with van der Waals surface area (Å²) in [5.41, 5.74) is 1.35. The number of benzene rings is 1.